The quantitative estimate of drug-likeness (QED) is 0.321. The van der Waals surface area contributed by atoms with Crippen molar-refractivity contribution in [1.29, 1.82) is 0 Å². The van der Waals surface area contributed by atoms with Crippen LogP contribution in [0.15, 0.2) is 88.9 Å². The lowest BCUT2D eigenvalue weighted by Crippen LogP contribution is -2.20. The van der Waals surface area contributed by atoms with Crippen LogP contribution in [0, 0.1) is 0 Å². The first kappa shape index (κ1) is 22.3. The van der Waals surface area contributed by atoms with E-state index in [1.54, 1.807) is 42.6 Å². The average molecular weight is 474 g/mol. The van der Waals surface area contributed by atoms with Crippen molar-refractivity contribution in [1.82, 2.24) is 14.2 Å². The summed E-state index contributed by atoms with van der Waals surface area (Å²) in [5.41, 5.74) is 0.261. The van der Waals surface area contributed by atoms with Gasteiger partial charge in [-0.1, -0.05) is 42.5 Å². The second-order valence-electron chi connectivity index (χ2n) is 7.88. The molecule has 0 saturated carbocycles. The number of carbonyl (C=O) groups excluding carboxylic acids is 1. The van der Waals surface area contributed by atoms with E-state index in [1.165, 1.54) is 29.8 Å². The van der Waals surface area contributed by atoms with Gasteiger partial charge in [-0.05, 0) is 30.3 Å². The smallest absolute Gasteiger partial charge is 0.287 e. The Morgan fingerprint density at radius 2 is 1.69 bits per heavy atom. The number of para-hydroxylation sites is 2. The van der Waals surface area contributed by atoms with Crippen LogP contribution < -0.4 is 5.56 Å². The van der Waals surface area contributed by atoms with Crippen molar-refractivity contribution in [3.63, 3.8) is 0 Å². The molecule has 0 aliphatic carbocycles. The van der Waals surface area contributed by atoms with E-state index >= 15 is 0 Å². The van der Waals surface area contributed by atoms with E-state index in [0.29, 0.717) is 16.6 Å². The van der Waals surface area contributed by atoms with E-state index in [-0.39, 0.29) is 22.7 Å². The number of aromatic nitrogens is 3. The standard InChI is InChI=1S/C26H17F3N4O2/c1-16(34)32-15-18(20-9-3-5-12-23(20)32)14-30-33-24(17-7-6-8-19(13-17)26(27,28)29)31-22-11-4-2-10-21(22)25(33)35/h2-15H,1H3. The maximum Gasteiger partial charge on any atom is 0.416 e. The number of rotatable bonds is 3. The highest BCUT2D eigenvalue weighted by atomic mass is 19.4. The molecule has 5 rings (SSSR count). The van der Waals surface area contributed by atoms with Crippen LogP contribution >= 0.6 is 0 Å². The van der Waals surface area contributed by atoms with Gasteiger partial charge < -0.3 is 0 Å². The van der Waals surface area contributed by atoms with E-state index in [9.17, 15) is 22.8 Å². The van der Waals surface area contributed by atoms with Crippen molar-refractivity contribution < 1.29 is 18.0 Å². The molecule has 0 unspecified atom stereocenters. The molecule has 0 bridgehead atoms. The van der Waals surface area contributed by atoms with Gasteiger partial charge >= 0.3 is 6.18 Å². The van der Waals surface area contributed by atoms with Gasteiger partial charge in [0.1, 0.15) is 0 Å². The molecule has 0 radical (unpaired) electrons. The molecule has 0 saturated heterocycles. The van der Waals surface area contributed by atoms with Crippen LogP contribution in [-0.2, 0) is 6.18 Å². The van der Waals surface area contributed by atoms with E-state index < -0.39 is 17.3 Å². The summed E-state index contributed by atoms with van der Waals surface area (Å²) in [6.07, 6.45) is -1.56. The number of nitrogens with zero attached hydrogens (tertiary/aromatic N) is 4. The number of benzene rings is 3. The Morgan fingerprint density at radius 3 is 2.43 bits per heavy atom. The summed E-state index contributed by atoms with van der Waals surface area (Å²) >= 11 is 0. The zero-order valence-corrected chi connectivity index (χ0v) is 18.3. The van der Waals surface area contributed by atoms with Gasteiger partial charge in [0.25, 0.3) is 5.56 Å². The average Bonchev–Trinajstić information content (AvgIpc) is 3.22. The van der Waals surface area contributed by atoms with E-state index in [4.69, 9.17) is 0 Å². The zero-order valence-electron chi connectivity index (χ0n) is 18.3. The number of alkyl halides is 3. The van der Waals surface area contributed by atoms with E-state index in [1.807, 2.05) is 12.1 Å². The molecule has 35 heavy (non-hydrogen) atoms. The van der Waals surface area contributed by atoms with Gasteiger partial charge in [-0.3, -0.25) is 14.2 Å². The van der Waals surface area contributed by atoms with Crippen LogP contribution in [0.4, 0.5) is 13.2 Å². The van der Waals surface area contributed by atoms with Gasteiger partial charge in [-0.25, -0.2) is 4.98 Å². The predicted octanol–water partition coefficient (Wildman–Crippen LogP) is 5.58. The minimum atomic E-state index is -4.56. The molecular weight excluding hydrogens is 457 g/mol. The molecule has 2 heterocycles. The fourth-order valence-electron chi connectivity index (χ4n) is 3.94. The van der Waals surface area contributed by atoms with Crippen molar-refractivity contribution in [3.8, 4) is 11.4 Å². The molecule has 3 aromatic carbocycles. The fraction of sp³-hybridized carbons (Fsp3) is 0.0769. The molecule has 5 aromatic rings. The Kier molecular flexibility index (Phi) is 5.32. The maximum atomic E-state index is 13.4. The highest BCUT2D eigenvalue weighted by molar-refractivity contribution is 6.03. The van der Waals surface area contributed by atoms with Crippen LogP contribution in [0.5, 0.6) is 0 Å². The lowest BCUT2D eigenvalue weighted by molar-refractivity contribution is -0.137. The summed E-state index contributed by atoms with van der Waals surface area (Å²) < 4.78 is 42.5. The molecule has 9 heteroatoms. The SMILES string of the molecule is CC(=O)n1cc(C=Nn2c(-c3cccc(C(F)(F)F)c3)nc3ccccc3c2=O)c2ccccc21. The molecule has 6 nitrogen and oxygen atoms in total. The molecule has 0 atom stereocenters. The van der Waals surface area contributed by atoms with Crippen molar-refractivity contribution in [2.24, 2.45) is 5.10 Å². The number of carbonyl (C=O) groups is 1. The molecule has 0 aliphatic heterocycles. The second-order valence-corrected chi connectivity index (χ2v) is 7.88. The van der Waals surface area contributed by atoms with Crippen molar-refractivity contribution in [2.75, 3.05) is 0 Å². The Hall–Kier alpha value is -4.53. The third kappa shape index (κ3) is 4.01. The summed E-state index contributed by atoms with van der Waals surface area (Å²) in [5.74, 6) is -0.235. The van der Waals surface area contributed by atoms with Gasteiger partial charge in [0.15, 0.2) is 5.82 Å². The van der Waals surface area contributed by atoms with E-state index in [2.05, 4.69) is 10.1 Å². The van der Waals surface area contributed by atoms with Gasteiger partial charge in [-0.15, -0.1) is 0 Å². The molecule has 0 spiro atoms. The maximum absolute atomic E-state index is 13.4. The number of halogens is 3. The molecule has 0 N–H and O–H groups in total. The van der Waals surface area contributed by atoms with Crippen LogP contribution in [0.25, 0.3) is 33.2 Å². The topological polar surface area (TPSA) is 69.2 Å². The third-order valence-corrected chi connectivity index (χ3v) is 5.60. The predicted molar refractivity (Wildman–Crippen MR) is 128 cm³/mol. The summed E-state index contributed by atoms with van der Waals surface area (Å²) in [5, 5.41) is 5.33. The highest BCUT2D eigenvalue weighted by Gasteiger charge is 2.31. The lowest BCUT2D eigenvalue weighted by Gasteiger charge is -2.12. The number of hydrogen-bond acceptors (Lipinski definition) is 4. The van der Waals surface area contributed by atoms with Gasteiger partial charge in [0, 0.05) is 29.6 Å². The monoisotopic (exact) mass is 474 g/mol. The van der Waals surface area contributed by atoms with Gasteiger partial charge in [-0.2, -0.15) is 22.9 Å². The molecule has 0 amide bonds. The van der Waals surface area contributed by atoms with Crippen LogP contribution in [0.1, 0.15) is 22.8 Å². The largest absolute Gasteiger partial charge is 0.416 e. The van der Waals surface area contributed by atoms with Crippen molar-refractivity contribution >= 4 is 33.9 Å². The zero-order chi connectivity index (χ0) is 24.7. The first-order valence-electron chi connectivity index (χ1n) is 10.6. The molecule has 0 fully saturated rings. The summed E-state index contributed by atoms with van der Waals surface area (Å²) in [7, 11) is 0. The molecule has 174 valence electrons. The van der Waals surface area contributed by atoms with Crippen molar-refractivity contribution in [2.45, 2.75) is 13.1 Å². The van der Waals surface area contributed by atoms with Crippen molar-refractivity contribution in [3.05, 3.63) is 100 Å². The Labute approximate surface area is 196 Å². The van der Waals surface area contributed by atoms with Crippen LogP contribution in [-0.4, -0.2) is 26.3 Å². The van der Waals surface area contributed by atoms with Crippen LogP contribution in [0.2, 0.25) is 0 Å². The Bertz CT molecular complexity index is 1700. The first-order chi connectivity index (χ1) is 16.7. The summed E-state index contributed by atoms with van der Waals surface area (Å²) in [6.45, 7) is 1.43. The van der Waals surface area contributed by atoms with Crippen LogP contribution in [0.3, 0.4) is 0 Å². The normalized spacial score (nSPS) is 12.1. The summed E-state index contributed by atoms with van der Waals surface area (Å²) in [6, 6.07) is 18.3. The Morgan fingerprint density at radius 1 is 0.971 bits per heavy atom. The first-order valence-corrected chi connectivity index (χ1v) is 10.6. The third-order valence-electron chi connectivity index (χ3n) is 5.60. The molecular formula is C26H17F3N4O2. The van der Waals surface area contributed by atoms with Gasteiger partial charge in [0.2, 0.25) is 5.91 Å². The number of hydrogen-bond donors (Lipinski definition) is 0. The molecule has 0 aliphatic rings. The summed E-state index contributed by atoms with van der Waals surface area (Å²) in [4.78, 5) is 29.9. The van der Waals surface area contributed by atoms with Gasteiger partial charge in [0.05, 0.1) is 28.2 Å². The lowest BCUT2D eigenvalue weighted by atomic mass is 10.1. The second kappa shape index (κ2) is 8.35. The fourth-order valence-corrected chi connectivity index (χ4v) is 3.94. The minimum absolute atomic E-state index is 0.0358. The number of fused-ring (bicyclic) bond motifs is 2. The highest BCUT2D eigenvalue weighted by Crippen LogP contribution is 2.32. The Balaban J connectivity index is 1.74. The van der Waals surface area contributed by atoms with E-state index in [0.717, 1.165) is 22.2 Å². The molecule has 2 aromatic heterocycles. The minimum Gasteiger partial charge on any atom is -0.287 e.